The molecule has 0 fully saturated rings. The van der Waals surface area contributed by atoms with Gasteiger partial charge in [-0.25, -0.2) is 0 Å². The van der Waals surface area contributed by atoms with Crippen molar-refractivity contribution < 1.29 is 9.53 Å². The normalized spacial score (nSPS) is 10.7. The van der Waals surface area contributed by atoms with Gasteiger partial charge >= 0.3 is 0 Å². The summed E-state index contributed by atoms with van der Waals surface area (Å²) in [6.07, 6.45) is 2.63. The lowest BCUT2D eigenvalue weighted by Crippen LogP contribution is -2.25. The molecular formula is C23H27N3O2. The topological polar surface area (TPSA) is 56.1 Å². The second kappa shape index (κ2) is 9.22. The van der Waals surface area contributed by atoms with Crippen LogP contribution in [0.2, 0.25) is 0 Å². The number of carbonyl (C=O) groups is 1. The van der Waals surface area contributed by atoms with E-state index in [0.29, 0.717) is 18.7 Å². The van der Waals surface area contributed by atoms with Crippen LogP contribution < -0.4 is 10.1 Å². The summed E-state index contributed by atoms with van der Waals surface area (Å²) >= 11 is 0. The number of benzene rings is 2. The van der Waals surface area contributed by atoms with Gasteiger partial charge in [0.2, 0.25) is 0 Å². The van der Waals surface area contributed by atoms with Gasteiger partial charge in [-0.05, 0) is 68.1 Å². The molecule has 0 aliphatic carbocycles. The van der Waals surface area contributed by atoms with Crippen LogP contribution in [0.15, 0.2) is 54.7 Å². The molecule has 0 aliphatic heterocycles. The van der Waals surface area contributed by atoms with Crippen LogP contribution in [-0.2, 0) is 13.2 Å². The fraction of sp³-hybridized carbons (Fsp3) is 0.304. The lowest BCUT2D eigenvalue weighted by atomic mass is 10.1. The van der Waals surface area contributed by atoms with E-state index in [-0.39, 0.29) is 5.91 Å². The Morgan fingerprint density at radius 2 is 1.96 bits per heavy atom. The Hall–Kier alpha value is -3.08. The van der Waals surface area contributed by atoms with Gasteiger partial charge in [0.25, 0.3) is 5.91 Å². The van der Waals surface area contributed by atoms with Crippen LogP contribution >= 0.6 is 0 Å². The van der Waals surface area contributed by atoms with Crippen molar-refractivity contribution in [2.75, 3.05) is 6.54 Å². The fourth-order valence-electron chi connectivity index (χ4n) is 2.99. The number of hydrogen-bond donors (Lipinski definition) is 1. The Balaban J connectivity index is 1.51. The first-order chi connectivity index (χ1) is 13.5. The Morgan fingerprint density at radius 3 is 2.75 bits per heavy atom. The number of nitrogens with zero attached hydrogens (tertiary/aromatic N) is 2. The number of carbonyl (C=O) groups excluding carboxylic acids is 1. The SMILES string of the molecule is Cc1ccc(C)c(OCc2cccc(C(=O)NCCCn3nccc3C)c2)c1. The van der Waals surface area contributed by atoms with Gasteiger partial charge in [-0.15, -0.1) is 0 Å². The summed E-state index contributed by atoms with van der Waals surface area (Å²) in [7, 11) is 0. The van der Waals surface area contributed by atoms with Gasteiger partial charge in [0.1, 0.15) is 12.4 Å². The molecule has 0 radical (unpaired) electrons. The van der Waals surface area contributed by atoms with E-state index in [1.807, 2.05) is 61.9 Å². The molecule has 5 heteroatoms. The number of nitrogens with one attached hydrogen (secondary N) is 1. The highest BCUT2D eigenvalue weighted by atomic mass is 16.5. The van der Waals surface area contributed by atoms with Crippen LogP contribution in [0.4, 0.5) is 0 Å². The molecule has 1 aromatic heterocycles. The van der Waals surface area contributed by atoms with E-state index < -0.39 is 0 Å². The van der Waals surface area contributed by atoms with Crippen molar-refractivity contribution in [2.45, 2.75) is 40.3 Å². The van der Waals surface area contributed by atoms with Crippen molar-refractivity contribution in [1.82, 2.24) is 15.1 Å². The minimum Gasteiger partial charge on any atom is -0.489 e. The predicted molar refractivity (Wildman–Crippen MR) is 111 cm³/mol. The van der Waals surface area contributed by atoms with E-state index in [4.69, 9.17) is 4.74 Å². The smallest absolute Gasteiger partial charge is 0.251 e. The summed E-state index contributed by atoms with van der Waals surface area (Å²) in [5.74, 6) is 0.814. The quantitative estimate of drug-likeness (QED) is 0.599. The maximum absolute atomic E-state index is 12.4. The first kappa shape index (κ1) is 19.7. The molecule has 1 amide bonds. The standard InChI is InChI=1S/C23H27N3O2/c1-17-8-9-18(2)22(14-17)28-16-20-6-4-7-21(15-20)23(27)24-11-5-13-26-19(3)10-12-25-26/h4,6-10,12,14-15H,5,11,13,16H2,1-3H3,(H,24,27). The molecule has 1 N–H and O–H groups in total. The van der Waals surface area contributed by atoms with Crippen molar-refractivity contribution in [2.24, 2.45) is 0 Å². The Bertz CT molecular complexity index is 947. The van der Waals surface area contributed by atoms with Crippen LogP contribution in [0, 0.1) is 20.8 Å². The van der Waals surface area contributed by atoms with Gasteiger partial charge < -0.3 is 10.1 Å². The van der Waals surface area contributed by atoms with Crippen molar-refractivity contribution in [3.63, 3.8) is 0 Å². The highest BCUT2D eigenvalue weighted by Crippen LogP contribution is 2.20. The van der Waals surface area contributed by atoms with Crippen LogP contribution in [-0.4, -0.2) is 22.2 Å². The molecule has 3 aromatic rings. The maximum Gasteiger partial charge on any atom is 0.251 e. The first-order valence-corrected chi connectivity index (χ1v) is 9.58. The molecule has 0 saturated heterocycles. The predicted octanol–water partition coefficient (Wildman–Crippen LogP) is 4.21. The number of ether oxygens (including phenoxy) is 1. The molecule has 0 atom stereocenters. The van der Waals surface area contributed by atoms with Crippen molar-refractivity contribution in [3.8, 4) is 5.75 Å². The second-order valence-corrected chi connectivity index (χ2v) is 7.06. The van der Waals surface area contributed by atoms with Crippen LogP contribution in [0.3, 0.4) is 0 Å². The molecule has 28 heavy (non-hydrogen) atoms. The highest BCUT2D eigenvalue weighted by Gasteiger charge is 2.07. The fourth-order valence-corrected chi connectivity index (χ4v) is 2.99. The van der Waals surface area contributed by atoms with Gasteiger partial charge in [-0.1, -0.05) is 24.3 Å². The van der Waals surface area contributed by atoms with Gasteiger partial charge in [-0.2, -0.15) is 5.10 Å². The number of rotatable bonds is 8. The zero-order valence-corrected chi connectivity index (χ0v) is 16.7. The zero-order valence-electron chi connectivity index (χ0n) is 16.7. The Labute approximate surface area is 166 Å². The average Bonchev–Trinajstić information content (AvgIpc) is 3.11. The molecular weight excluding hydrogens is 350 g/mol. The molecule has 3 rings (SSSR count). The lowest BCUT2D eigenvalue weighted by molar-refractivity contribution is 0.0952. The molecule has 0 aliphatic rings. The van der Waals surface area contributed by atoms with Crippen LogP contribution in [0.25, 0.3) is 0 Å². The highest BCUT2D eigenvalue weighted by molar-refractivity contribution is 5.94. The molecule has 1 heterocycles. The molecule has 146 valence electrons. The second-order valence-electron chi connectivity index (χ2n) is 7.06. The summed E-state index contributed by atoms with van der Waals surface area (Å²) in [5.41, 5.74) is 5.02. The molecule has 0 saturated carbocycles. The number of hydrogen-bond acceptors (Lipinski definition) is 3. The van der Waals surface area contributed by atoms with E-state index in [9.17, 15) is 4.79 Å². The minimum absolute atomic E-state index is 0.0641. The third-order valence-corrected chi connectivity index (χ3v) is 4.69. The zero-order chi connectivity index (χ0) is 19.9. The van der Waals surface area contributed by atoms with E-state index >= 15 is 0 Å². The summed E-state index contributed by atoms with van der Waals surface area (Å²) in [4.78, 5) is 12.4. The molecule has 0 spiro atoms. The number of aromatic nitrogens is 2. The monoisotopic (exact) mass is 377 g/mol. The van der Waals surface area contributed by atoms with Crippen molar-refractivity contribution >= 4 is 5.91 Å². The van der Waals surface area contributed by atoms with Gasteiger partial charge in [-0.3, -0.25) is 9.48 Å². The van der Waals surface area contributed by atoms with E-state index in [0.717, 1.165) is 35.5 Å². The van der Waals surface area contributed by atoms with Crippen molar-refractivity contribution in [1.29, 1.82) is 0 Å². The van der Waals surface area contributed by atoms with Gasteiger partial charge in [0, 0.05) is 30.5 Å². The average molecular weight is 377 g/mol. The van der Waals surface area contributed by atoms with E-state index in [1.54, 1.807) is 6.20 Å². The molecule has 0 bridgehead atoms. The van der Waals surface area contributed by atoms with Crippen LogP contribution in [0.1, 0.15) is 39.2 Å². The summed E-state index contributed by atoms with van der Waals surface area (Å²) in [5, 5.41) is 7.23. The summed E-state index contributed by atoms with van der Waals surface area (Å²) in [6, 6.07) is 15.7. The first-order valence-electron chi connectivity index (χ1n) is 9.58. The summed E-state index contributed by atoms with van der Waals surface area (Å²) < 4.78 is 7.89. The third-order valence-electron chi connectivity index (χ3n) is 4.69. The number of aryl methyl sites for hydroxylation is 4. The van der Waals surface area contributed by atoms with Gasteiger partial charge in [0.15, 0.2) is 0 Å². The Kier molecular flexibility index (Phi) is 6.48. The molecule has 2 aromatic carbocycles. The molecule has 5 nitrogen and oxygen atoms in total. The lowest BCUT2D eigenvalue weighted by Gasteiger charge is -2.11. The van der Waals surface area contributed by atoms with E-state index in [2.05, 4.69) is 22.5 Å². The van der Waals surface area contributed by atoms with Gasteiger partial charge in [0.05, 0.1) is 0 Å². The van der Waals surface area contributed by atoms with E-state index in [1.165, 1.54) is 5.56 Å². The Morgan fingerprint density at radius 1 is 1.11 bits per heavy atom. The molecule has 0 unspecified atom stereocenters. The maximum atomic E-state index is 12.4. The minimum atomic E-state index is -0.0641. The van der Waals surface area contributed by atoms with Crippen LogP contribution in [0.5, 0.6) is 5.75 Å². The van der Waals surface area contributed by atoms with Crippen molar-refractivity contribution in [3.05, 3.63) is 82.7 Å². The number of amides is 1. The summed E-state index contributed by atoms with van der Waals surface area (Å²) in [6.45, 7) is 7.94. The largest absolute Gasteiger partial charge is 0.489 e. The third kappa shape index (κ3) is 5.22.